The Bertz CT molecular complexity index is 501. The van der Waals surface area contributed by atoms with Crippen LogP contribution in [0.25, 0.3) is 0 Å². The van der Waals surface area contributed by atoms with Gasteiger partial charge in [0.05, 0.1) is 11.3 Å². The Morgan fingerprint density at radius 1 is 1.25 bits per heavy atom. The van der Waals surface area contributed by atoms with Crippen molar-refractivity contribution in [2.45, 2.75) is 6.18 Å². The Hall–Kier alpha value is -0.660. The highest BCUT2D eigenvalue weighted by Gasteiger charge is 2.34. The van der Waals surface area contributed by atoms with Gasteiger partial charge in [-0.05, 0) is 18.2 Å². The molecule has 0 bridgehead atoms. The van der Waals surface area contributed by atoms with E-state index in [0.717, 1.165) is 12.1 Å². The highest BCUT2D eigenvalue weighted by atomic mass is 35.7. The van der Waals surface area contributed by atoms with Crippen LogP contribution >= 0.6 is 22.3 Å². The molecular weight excluding hydrogens is 290 g/mol. The molecule has 9 heteroatoms. The van der Waals surface area contributed by atoms with Crippen LogP contribution in [0, 0.1) is 0 Å². The molecule has 0 fully saturated rings. The molecule has 0 saturated heterocycles. The average Bonchev–Trinajstić information content (AvgIpc) is 2.04. The fourth-order valence-corrected chi connectivity index (χ4v) is 1.83. The SMILES string of the molecule is O=S(=O)(Cl)Nc1ccc(Cl)cc1C(F)(F)F. The van der Waals surface area contributed by atoms with Crippen LogP contribution in [0.4, 0.5) is 18.9 Å². The first-order chi connectivity index (χ1) is 7.09. The molecule has 1 aromatic rings. The maximum atomic E-state index is 12.5. The van der Waals surface area contributed by atoms with Crippen molar-refractivity contribution in [1.82, 2.24) is 0 Å². The molecule has 3 nitrogen and oxygen atoms in total. The first-order valence-electron chi connectivity index (χ1n) is 3.69. The molecule has 0 atom stereocenters. The zero-order valence-electron chi connectivity index (χ0n) is 7.35. The number of alkyl halides is 3. The predicted molar refractivity (Wildman–Crippen MR) is 54.8 cm³/mol. The molecule has 1 aromatic carbocycles. The molecule has 0 aliphatic carbocycles. The van der Waals surface area contributed by atoms with Gasteiger partial charge in [0, 0.05) is 15.7 Å². The minimum absolute atomic E-state index is 0.162. The number of hydrogen-bond donors (Lipinski definition) is 1. The van der Waals surface area contributed by atoms with Crippen LogP contribution in [0.15, 0.2) is 18.2 Å². The largest absolute Gasteiger partial charge is 0.418 e. The Labute approximate surface area is 98.7 Å². The van der Waals surface area contributed by atoms with Crippen molar-refractivity contribution in [3.63, 3.8) is 0 Å². The van der Waals surface area contributed by atoms with E-state index in [0.29, 0.717) is 6.07 Å². The molecule has 1 N–H and O–H groups in total. The Balaban J connectivity index is 3.29. The lowest BCUT2D eigenvalue weighted by molar-refractivity contribution is -0.136. The number of rotatable bonds is 2. The molecule has 0 aliphatic heterocycles. The van der Waals surface area contributed by atoms with Gasteiger partial charge in [0.25, 0.3) is 0 Å². The quantitative estimate of drug-likeness (QED) is 0.851. The minimum Gasteiger partial charge on any atom is -0.270 e. The Morgan fingerprint density at radius 3 is 2.25 bits per heavy atom. The number of benzene rings is 1. The lowest BCUT2D eigenvalue weighted by Crippen LogP contribution is -2.12. The number of anilines is 1. The van der Waals surface area contributed by atoms with Crippen LogP contribution in [0.1, 0.15) is 5.56 Å². The van der Waals surface area contributed by atoms with E-state index in [1.54, 1.807) is 4.72 Å². The molecule has 0 aromatic heterocycles. The fourth-order valence-electron chi connectivity index (χ4n) is 0.971. The lowest BCUT2D eigenvalue weighted by Gasteiger charge is -2.12. The summed E-state index contributed by atoms with van der Waals surface area (Å²) in [5.74, 6) is 0. The molecule has 0 spiro atoms. The van der Waals surface area contributed by atoms with Crippen molar-refractivity contribution < 1.29 is 21.6 Å². The molecule has 0 saturated carbocycles. The van der Waals surface area contributed by atoms with Gasteiger partial charge in [-0.25, -0.2) is 0 Å². The van der Waals surface area contributed by atoms with Gasteiger partial charge in [-0.1, -0.05) is 11.6 Å². The van der Waals surface area contributed by atoms with Crippen molar-refractivity contribution in [1.29, 1.82) is 0 Å². The summed E-state index contributed by atoms with van der Waals surface area (Å²) in [7, 11) is 0.497. The van der Waals surface area contributed by atoms with Gasteiger partial charge >= 0.3 is 15.4 Å². The van der Waals surface area contributed by atoms with Crippen molar-refractivity contribution in [3.8, 4) is 0 Å². The summed E-state index contributed by atoms with van der Waals surface area (Å²) in [5, 5.41) is -0.162. The van der Waals surface area contributed by atoms with E-state index in [1.165, 1.54) is 0 Å². The highest BCUT2D eigenvalue weighted by molar-refractivity contribution is 8.14. The Kier molecular flexibility index (Phi) is 3.61. The highest BCUT2D eigenvalue weighted by Crippen LogP contribution is 2.36. The topological polar surface area (TPSA) is 46.2 Å². The number of nitrogens with one attached hydrogen (secondary N) is 1. The van der Waals surface area contributed by atoms with Gasteiger partial charge in [0.1, 0.15) is 0 Å². The van der Waals surface area contributed by atoms with Crippen LogP contribution in [0.3, 0.4) is 0 Å². The molecule has 1 rings (SSSR count). The predicted octanol–water partition coefficient (Wildman–Crippen LogP) is 3.25. The van der Waals surface area contributed by atoms with Crippen molar-refractivity contribution in [2.75, 3.05) is 4.72 Å². The van der Waals surface area contributed by atoms with E-state index in [2.05, 4.69) is 0 Å². The molecular formula is C7H4Cl2F3NO2S. The molecule has 0 aliphatic rings. The fraction of sp³-hybridized carbons (Fsp3) is 0.143. The first-order valence-corrected chi connectivity index (χ1v) is 6.37. The monoisotopic (exact) mass is 293 g/mol. The van der Waals surface area contributed by atoms with Crippen LogP contribution in [0.2, 0.25) is 5.02 Å². The standard InChI is InChI=1S/C7H4Cl2F3NO2S/c8-4-1-2-6(13-16(9,14)15)5(3-4)7(10,11)12/h1-3,13H. The third kappa shape index (κ3) is 3.73. The Morgan fingerprint density at radius 2 is 1.81 bits per heavy atom. The summed E-state index contributed by atoms with van der Waals surface area (Å²) in [6.07, 6.45) is -4.73. The zero-order valence-corrected chi connectivity index (χ0v) is 9.67. The number of hydrogen-bond acceptors (Lipinski definition) is 2. The van der Waals surface area contributed by atoms with Crippen LogP contribution < -0.4 is 4.72 Å². The van der Waals surface area contributed by atoms with Crippen molar-refractivity contribution >= 4 is 37.2 Å². The molecule has 0 radical (unpaired) electrons. The van der Waals surface area contributed by atoms with E-state index in [4.69, 9.17) is 22.3 Å². The molecule has 0 unspecified atom stereocenters. The third-order valence-electron chi connectivity index (χ3n) is 1.52. The van der Waals surface area contributed by atoms with E-state index in [1.807, 2.05) is 0 Å². The zero-order chi connectivity index (χ0) is 12.6. The van der Waals surface area contributed by atoms with Gasteiger partial charge in [-0.15, -0.1) is 0 Å². The summed E-state index contributed by atoms with van der Waals surface area (Å²) >= 11 is 5.38. The normalized spacial score (nSPS) is 12.6. The molecule has 0 heterocycles. The van der Waals surface area contributed by atoms with E-state index < -0.39 is 26.7 Å². The van der Waals surface area contributed by atoms with Crippen molar-refractivity contribution in [3.05, 3.63) is 28.8 Å². The molecule has 0 amide bonds. The first kappa shape index (κ1) is 13.4. The third-order valence-corrected chi connectivity index (χ3v) is 2.45. The second-order valence-corrected chi connectivity index (χ2v) is 5.46. The minimum atomic E-state index is -4.73. The van der Waals surface area contributed by atoms with Gasteiger partial charge in [-0.2, -0.15) is 21.6 Å². The average molecular weight is 294 g/mol. The van der Waals surface area contributed by atoms with E-state index in [9.17, 15) is 21.6 Å². The molecule has 16 heavy (non-hydrogen) atoms. The second kappa shape index (κ2) is 4.31. The second-order valence-electron chi connectivity index (χ2n) is 2.73. The maximum Gasteiger partial charge on any atom is 0.418 e. The van der Waals surface area contributed by atoms with E-state index >= 15 is 0 Å². The molecule has 90 valence electrons. The van der Waals surface area contributed by atoms with Gasteiger partial charge in [-0.3, -0.25) is 4.72 Å². The van der Waals surface area contributed by atoms with Gasteiger partial charge in [0.15, 0.2) is 0 Å². The van der Waals surface area contributed by atoms with E-state index in [-0.39, 0.29) is 5.02 Å². The smallest absolute Gasteiger partial charge is 0.270 e. The summed E-state index contributed by atoms with van der Waals surface area (Å²) < 4.78 is 60.2. The van der Waals surface area contributed by atoms with Crippen LogP contribution in [-0.4, -0.2) is 8.42 Å². The van der Waals surface area contributed by atoms with Crippen LogP contribution in [-0.2, 0) is 15.4 Å². The summed E-state index contributed by atoms with van der Waals surface area (Å²) in [4.78, 5) is 0. The van der Waals surface area contributed by atoms with Crippen molar-refractivity contribution in [2.24, 2.45) is 0 Å². The summed E-state index contributed by atoms with van der Waals surface area (Å²) in [6.45, 7) is 0. The summed E-state index contributed by atoms with van der Waals surface area (Å²) in [6, 6.07) is 2.60. The number of halogens is 5. The van der Waals surface area contributed by atoms with Gasteiger partial charge in [0.2, 0.25) is 0 Å². The van der Waals surface area contributed by atoms with Crippen LogP contribution in [0.5, 0.6) is 0 Å². The van der Waals surface area contributed by atoms with Gasteiger partial charge < -0.3 is 0 Å². The summed E-state index contributed by atoms with van der Waals surface area (Å²) in [5.41, 5.74) is -1.88. The lowest BCUT2D eigenvalue weighted by atomic mass is 10.2. The maximum absolute atomic E-state index is 12.5.